The van der Waals surface area contributed by atoms with Crippen LogP contribution in [0.15, 0.2) is 203 Å². The first kappa shape index (κ1) is 33.2. The summed E-state index contributed by atoms with van der Waals surface area (Å²) in [6.45, 7) is 0. The van der Waals surface area contributed by atoms with E-state index in [9.17, 15) is 0 Å². The topological polar surface area (TPSA) is 77.8 Å². The van der Waals surface area contributed by atoms with Crippen LogP contribution in [0, 0.1) is 0 Å². The van der Waals surface area contributed by atoms with Crippen molar-refractivity contribution < 1.29 is 8.83 Å². The number of nitrogens with zero attached hydrogens (tertiary/aromatic N) is 4. The van der Waals surface area contributed by atoms with Crippen molar-refractivity contribution >= 4 is 33.0 Å². The Hall–Kier alpha value is -7.96. The first-order chi connectivity index (χ1) is 29.2. The molecule has 0 bridgehead atoms. The van der Waals surface area contributed by atoms with Gasteiger partial charge >= 0.3 is 0 Å². The van der Waals surface area contributed by atoms with E-state index >= 15 is 0 Å². The molecule has 0 radical (unpaired) electrons. The van der Waals surface area contributed by atoms with Crippen LogP contribution in [0.2, 0.25) is 0 Å². The van der Waals surface area contributed by atoms with E-state index in [1.54, 1.807) is 0 Å². The van der Waals surface area contributed by atoms with E-state index in [2.05, 4.69) is 115 Å². The van der Waals surface area contributed by atoms with E-state index in [4.69, 9.17) is 28.8 Å². The summed E-state index contributed by atoms with van der Waals surface area (Å²) in [5, 5.41) is 1.88. The molecule has 0 saturated carbocycles. The lowest BCUT2D eigenvalue weighted by atomic mass is 9.71. The van der Waals surface area contributed by atoms with Crippen molar-refractivity contribution in [2.45, 2.75) is 5.41 Å². The smallest absolute Gasteiger partial charge is 0.227 e. The van der Waals surface area contributed by atoms with Gasteiger partial charge in [-0.2, -0.15) is 0 Å². The number of fused-ring (bicyclic) bond motifs is 7. The van der Waals surface area contributed by atoms with Crippen LogP contribution in [0.25, 0.3) is 89.5 Å². The van der Waals surface area contributed by atoms with Gasteiger partial charge < -0.3 is 8.83 Å². The molecule has 6 nitrogen and oxygen atoms in total. The molecule has 276 valence electrons. The molecular weight excluding hydrogens is 725 g/mol. The van der Waals surface area contributed by atoms with Gasteiger partial charge in [0.2, 0.25) is 5.89 Å². The lowest BCUT2D eigenvalue weighted by Gasteiger charge is -2.32. The molecule has 12 rings (SSSR count). The number of aromatic nitrogens is 4. The largest absolute Gasteiger partial charge is 0.456 e. The predicted octanol–water partition coefficient (Wildman–Crippen LogP) is 12.9. The molecule has 0 N–H and O–H groups in total. The molecule has 0 unspecified atom stereocenters. The van der Waals surface area contributed by atoms with Gasteiger partial charge in [-0.15, -0.1) is 0 Å². The average Bonchev–Trinajstić information content (AvgIpc) is 4.01. The number of benzene rings is 8. The Labute approximate surface area is 339 Å². The monoisotopic (exact) mass is 756 g/mol. The second kappa shape index (κ2) is 13.0. The minimum atomic E-state index is -0.816. The number of hydrogen-bond donors (Lipinski definition) is 0. The number of para-hydroxylation sites is 1. The van der Waals surface area contributed by atoms with E-state index in [1.165, 1.54) is 11.1 Å². The number of oxazole rings is 1. The molecule has 0 spiro atoms. The highest BCUT2D eigenvalue weighted by molar-refractivity contribution is 6.13. The fourth-order valence-corrected chi connectivity index (χ4v) is 9.05. The Morgan fingerprint density at radius 2 is 1.00 bits per heavy atom. The second-order valence-electron chi connectivity index (χ2n) is 14.9. The molecule has 11 aromatic rings. The first-order valence-corrected chi connectivity index (χ1v) is 19.7. The predicted molar refractivity (Wildman–Crippen MR) is 234 cm³/mol. The molecule has 3 heterocycles. The molecule has 3 aromatic heterocycles. The fraction of sp³-hybridized carbons (Fsp3) is 0.0189. The van der Waals surface area contributed by atoms with Gasteiger partial charge in [-0.05, 0) is 69.8 Å². The van der Waals surface area contributed by atoms with E-state index in [1.807, 2.05) is 78.9 Å². The van der Waals surface area contributed by atoms with Gasteiger partial charge in [0, 0.05) is 33.0 Å². The highest BCUT2D eigenvalue weighted by Gasteiger charge is 2.48. The van der Waals surface area contributed by atoms with Gasteiger partial charge in [-0.3, -0.25) is 0 Å². The summed E-state index contributed by atoms with van der Waals surface area (Å²) >= 11 is 0. The molecule has 0 fully saturated rings. The summed E-state index contributed by atoms with van der Waals surface area (Å²) in [5.41, 5.74) is 12.5. The van der Waals surface area contributed by atoms with E-state index in [-0.39, 0.29) is 0 Å². The summed E-state index contributed by atoms with van der Waals surface area (Å²) < 4.78 is 13.0. The standard InChI is InChI=1S/C53H32N4O2/c1-4-16-33(17-5-1)49-55-50(57-52(56-49)53(36-20-8-3-9-21-36)42-26-12-10-22-38(42)39-23-11-13-27-43(39)53)40-25-15-29-46-47(40)41-32-35(30-31-45(41)58-46)37-24-14-28-44-48(37)59-51(54-44)34-18-6-2-7-19-34/h1-32H. The summed E-state index contributed by atoms with van der Waals surface area (Å²) in [5.74, 6) is 2.40. The summed E-state index contributed by atoms with van der Waals surface area (Å²) in [6, 6.07) is 66.6. The van der Waals surface area contributed by atoms with E-state index in [0.717, 1.165) is 77.5 Å². The van der Waals surface area contributed by atoms with Crippen LogP contribution in [-0.2, 0) is 5.41 Å². The van der Waals surface area contributed by atoms with Crippen LogP contribution in [0.5, 0.6) is 0 Å². The quantitative estimate of drug-likeness (QED) is 0.168. The van der Waals surface area contributed by atoms with Gasteiger partial charge in [-0.25, -0.2) is 19.9 Å². The van der Waals surface area contributed by atoms with E-state index in [0.29, 0.717) is 23.4 Å². The lowest BCUT2D eigenvalue weighted by Crippen LogP contribution is -2.31. The van der Waals surface area contributed by atoms with Crippen molar-refractivity contribution in [2.24, 2.45) is 0 Å². The molecule has 1 aliphatic carbocycles. The summed E-state index contributed by atoms with van der Waals surface area (Å²) in [4.78, 5) is 21.1. The zero-order chi connectivity index (χ0) is 38.9. The van der Waals surface area contributed by atoms with Gasteiger partial charge in [0.1, 0.15) is 22.1 Å². The third-order valence-electron chi connectivity index (χ3n) is 11.6. The first-order valence-electron chi connectivity index (χ1n) is 19.7. The van der Waals surface area contributed by atoms with Crippen molar-refractivity contribution in [1.82, 2.24) is 19.9 Å². The molecular formula is C53H32N4O2. The molecule has 0 atom stereocenters. The molecule has 0 saturated heterocycles. The lowest BCUT2D eigenvalue weighted by molar-refractivity contribution is 0.621. The van der Waals surface area contributed by atoms with Gasteiger partial charge in [-0.1, -0.05) is 158 Å². The highest BCUT2D eigenvalue weighted by Crippen LogP contribution is 2.55. The van der Waals surface area contributed by atoms with Crippen LogP contribution in [0.1, 0.15) is 22.5 Å². The van der Waals surface area contributed by atoms with E-state index < -0.39 is 5.41 Å². The molecule has 59 heavy (non-hydrogen) atoms. The van der Waals surface area contributed by atoms with Crippen molar-refractivity contribution in [3.63, 3.8) is 0 Å². The zero-order valence-corrected chi connectivity index (χ0v) is 31.6. The minimum absolute atomic E-state index is 0.564. The molecule has 1 aliphatic rings. The maximum absolute atomic E-state index is 6.57. The minimum Gasteiger partial charge on any atom is -0.456 e. The average molecular weight is 757 g/mol. The Balaban J connectivity index is 1.11. The van der Waals surface area contributed by atoms with Crippen LogP contribution in [0.4, 0.5) is 0 Å². The summed E-state index contributed by atoms with van der Waals surface area (Å²) in [6.07, 6.45) is 0. The third-order valence-corrected chi connectivity index (χ3v) is 11.6. The third kappa shape index (κ3) is 5.06. The van der Waals surface area contributed by atoms with Crippen molar-refractivity contribution in [3.8, 4) is 56.5 Å². The van der Waals surface area contributed by atoms with Gasteiger partial charge in [0.15, 0.2) is 23.1 Å². The van der Waals surface area contributed by atoms with Crippen LogP contribution in [0.3, 0.4) is 0 Å². The molecule has 6 heteroatoms. The Kier molecular flexibility index (Phi) is 7.34. The maximum atomic E-state index is 6.57. The zero-order valence-electron chi connectivity index (χ0n) is 31.6. The Morgan fingerprint density at radius 1 is 0.390 bits per heavy atom. The number of rotatable bonds is 6. The fourth-order valence-electron chi connectivity index (χ4n) is 9.05. The Morgan fingerprint density at radius 3 is 1.75 bits per heavy atom. The van der Waals surface area contributed by atoms with Crippen molar-refractivity contribution in [1.29, 1.82) is 0 Å². The molecule has 0 aliphatic heterocycles. The van der Waals surface area contributed by atoms with Crippen LogP contribution < -0.4 is 0 Å². The van der Waals surface area contributed by atoms with Crippen LogP contribution in [-0.4, -0.2) is 19.9 Å². The highest BCUT2D eigenvalue weighted by atomic mass is 16.3. The van der Waals surface area contributed by atoms with Crippen molar-refractivity contribution in [3.05, 3.63) is 217 Å². The molecule has 0 amide bonds. The van der Waals surface area contributed by atoms with Crippen LogP contribution >= 0.6 is 0 Å². The maximum Gasteiger partial charge on any atom is 0.227 e. The SMILES string of the molecule is c1ccc(-c2nc(-c3cccc4oc5ccc(-c6cccc7nc(-c8ccccc8)oc67)cc5c34)nc(C3(c4ccccc4)c4ccccc4-c4ccccc43)n2)cc1. The van der Waals surface area contributed by atoms with Gasteiger partial charge in [0.05, 0.1) is 0 Å². The molecule has 8 aromatic carbocycles. The normalized spacial score (nSPS) is 12.9. The number of hydrogen-bond acceptors (Lipinski definition) is 6. The number of furan rings is 1. The van der Waals surface area contributed by atoms with Gasteiger partial charge in [0.25, 0.3) is 0 Å². The van der Waals surface area contributed by atoms with Crippen molar-refractivity contribution in [2.75, 3.05) is 0 Å². The second-order valence-corrected chi connectivity index (χ2v) is 14.9. The summed E-state index contributed by atoms with van der Waals surface area (Å²) in [7, 11) is 0. The Bertz CT molecular complexity index is 3350.